The van der Waals surface area contributed by atoms with Gasteiger partial charge in [0.1, 0.15) is 17.1 Å². The van der Waals surface area contributed by atoms with E-state index >= 15 is 0 Å². The summed E-state index contributed by atoms with van der Waals surface area (Å²) in [5.41, 5.74) is 0.0743. The number of halogens is 1. The standard InChI is InChI=1S/C21H19ClN2O5S/c1-28-20-5-3-15(11-17(20)22)30(26,27)24-8-6-21(7-9-24)12-18(25)16-10-14(13-23)2-4-19(16)29-21/h2-5,10-11H,6-9,12H2,1H3. The quantitative estimate of drug-likeness (QED) is 0.716. The number of benzene rings is 2. The number of hydrogen-bond donors (Lipinski definition) is 0. The Balaban J connectivity index is 1.53. The predicted molar refractivity (Wildman–Crippen MR) is 109 cm³/mol. The first kappa shape index (κ1) is 20.7. The molecule has 2 aliphatic rings. The van der Waals surface area contributed by atoms with Gasteiger partial charge in [0.15, 0.2) is 5.78 Å². The van der Waals surface area contributed by atoms with Crippen molar-refractivity contribution in [3.05, 3.63) is 52.5 Å². The van der Waals surface area contributed by atoms with E-state index in [0.29, 0.717) is 35.5 Å². The number of carbonyl (C=O) groups is 1. The molecule has 1 saturated heterocycles. The molecule has 0 aromatic heterocycles. The molecule has 2 heterocycles. The number of carbonyl (C=O) groups excluding carboxylic acids is 1. The van der Waals surface area contributed by atoms with Gasteiger partial charge in [0.2, 0.25) is 10.0 Å². The van der Waals surface area contributed by atoms with Crippen LogP contribution in [-0.2, 0) is 10.0 Å². The molecule has 30 heavy (non-hydrogen) atoms. The van der Waals surface area contributed by atoms with Crippen molar-refractivity contribution in [3.63, 3.8) is 0 Å². The van der Waals surface area contributed by atoms with Crippen molar-refractivity contribution in [3.8, 4) is 17.6 Å². The molecular formula is C21H19ClN2O5S. The second kappa shape index (κ2) is 7.58. The molecule has 0 N–H and O–H groups in total. The molecule has 9 heteroatoms. The highest BCUT2D eigenvalue weighted by molar-refractivity contribution is 7.89. The van der Waals surface area contributed by atoms with E-state index in [1.54, 1.807) is 12.1 Å². The fourth-order valence-corrected chi connectivity index (χ4v) is 5.72. The number of rotatable bonds is 3. The number of hydrogen-bond acceptors (Lipinski definition) is 6. The topological polar surface area (TPSA) is 96.7 Å². The van der Waals surface area contributed by atoms with Crippen LogP contribution in [0.15, 0.2) is 41.3 Å². The summed E-state index contributed by atoms with van der Waals surface area (Å²) in [5, 5.41) is 9.26. The van der Waals surface area contributed by atoms with Gasteiger partial charge in [-0.15, -0.1) is 0 Å². The highest BCUT2D eigenvalue weighted by atomic mass is 35.5. The van der Waals surface area contributed by atoms with Crippen molar-refractivity contribution in [2.24, 2.45) is 0 Å². The van der Waals surface area contributed by atoms with Gasteiger partial charge in [0.05, 0.1) is 40.6 Å². The number of fused-ring (bicyclic) bond motifs is 1. The Bertz CT molecular complexity index is 1160. The van der Waals surface area contributed by atoms with Crippen LogP contribution in [0.3, 0.4) is 0 Å². The minimum Gasteiger partial charge on any atom is -0.495 e. The number of methoxy groups -OCH3 is 1. The normalized spacial score (nSPS) is 18.4. The molecule has 0 bridgehead atoms. The Hall–Kier alpha value is -2.60. The van der Waals surface area contributed by atoms with Gasteiger partial charge in [0, 0.05) is 25.9 Å². The zero-order chi connectivity index (χ0) is 21.5. The average molecular weight is 447 g/mol. The van der Waals surface area contributed by atoms with Crippen LogP contribution in [0.1, 0.15) is 35.2 Å². The highest BCUT2D eigenvalue weighted by Gasteiger charge is 2.45. The van der Waals surface area contributed by atoms with E-state index in [1.165, 1.54) is 35.7 Å². The minimum atomic E-state index is -3.73. The van der Waals surface area contributed by atoms with E-state index < -0.39 is 15.6 Å². The minimum absolute atomic E-state index is 0.0911. The summed E-state index contributed by atoms with van der Waals surface area (Å²) in [7, 11) is -2.27. The lowest BCUT2D eigenvalue weighted by molar-refractivity contribution is 0.00590. The predicted octanol–water partition coefficient (Wildman–Crippen LogP) is 3.41. The lowest BCUT2D eigenvalue weighted by atomic mass is 9.83. The lowest BCUT2D eigenvalue weighted by Gasteiger charge is -2.43. The van der Waals surface area contributed by atoms with E-state index in [2.05, 4.69) is 0 Å². The number of piperidine rings is 1. The van der Waals surface area contributed by atoms with Crippen LogP contribution in [0.5, 0.6) is 11.5 Å². The van der Waals surface area contributed by atoms with Crippen LogP contribution < -0.4 is 9.47 Å². The summed E-state index contributed by atoms with van der Waals surface area (Å²) in [6.07, 6.45) is 0.944. The van der Waals surface area contributed by atoms with E-state index in [9.17, 15) is 13.2 Å². The van der Waals surface area contributed by atoms with Gasteiger partial charge in [-0.05, 0) is 36.4 Å². The molecule has 2 aromatic rings. The molecule has 0 atom stereocenters. The van der Waals surface area contributed by atoms with Crippen LogP contribution in [-0.4, -0.2) is 44.3 Å². The third-order valence-electron chi connectivity index (χ3n) is 5.61. The molecule has 156 valence electrons. The van der Waals surface area contributed by atoms with E-state index in [-0.39, 0.29) is 35.2 Å². The summed E-state index contributed by atoms with van der Waals surface area (Å²) in [6, 6.07) is 11.2. The Labute approximate surface area is 179 Å². The maximum Gasteiger partial charge on any atom is 0.243 e. The van der Waals surface area contributed by atoms with Gasteiger partial charge in [-0.3, -0.25) is 4.79 Å². The lowest BCUT2D eigenvalue weighted by Crippen LogP contribution is -2.52. The highest BCUT2D eigenvalue weighted by Crippen LogP contribution is 2.40. The molecule has 2 aromatic carbocycles. The van der Waals surface area contributed by atoms with E-state index in [4.69, 9.17) is 26.3 Å². The Morgan fingerprint density at radius 1 is 1.20 bits per heavy atom. The first-order valence-corrected chi connectivity index (χ1v) is 11.2. The monoisotopic (exact) mass is 446 g/mol. The van der Waals surface area contributed by atoms with Crippen molar-refractivity contribution in [2.75, 3.05) is 20.2 Å². The summed E-state index contributed by atoms with van der Waals surface area (Å²) < 4.78 is 38.7. The first-order valence-electron chi connectivity index (χ1n) is 9.38. The maximum absolute atomic E-state index is 13.0. The molecule has 2 aliphatic heterocycles. The van der Waals surface area contributed by atoms with Crippen molar-refractivity contribution in [2.45, 2.75) is 29.8 Å². The molecule has 1 fully saturated rings. The third kappa shape index (κ3) is 3.54. The molecule has 0 amide bonds. The smallest absolute Gasteiger partial charge is 0.243 e. The van der Waals surface area contributed by atoms with Gasteiger partial charge >= 0.3 is 0 Å². The van der Waals surface area contributed by atoms with Crippen LogP contribution in [0, 0.1) is 11.3 Å². The number of ketones is 1. The van der Waals surface area contributed by atoms with Crippen LogP contribution in [0.25, 0.3) is 0 Å². The molecule has 7 nitrogen and oxygen atoms in total. The van der Waals surface area contributed by atoms with Gasteiger partial charge < -0.3 is 9.47 Å². The van der Waals surface area contributed by atoms with Gasteiger partial charge in [0.25, 0.3) is 0 Å². The van der Waals surface area contributed by atoms with Crippen molar-refractivity contribution in [1.29, 1.82) is 5.26 Å². The van der Waals surface area contributed by atoms with E-state index in [0.717, 1.165) is 0 Å². The van der Waals surface area contributed by atoms with Crippen LogP contribution in [0.2, 0.25) is 5.02 Å². The maximum atomic E-state index is 13.0. The Morgan fingerprint density at radius 2 is 1.93 bits per heavy atom. The number of nitrogens with zero attached hydrogens (tertiary/aromatic N) is 2. The first-order chi connectivity index (χ1) is 14.3. The van der Waals surface area contributed by atoms with Gasteiger partial charge in [-0.25, -0.2) is 8.42 Å². The summed E-state index contributed by atoms with van der Waals surface area (Å²) >= 11 is 6.09. The van der Waals surface area contributed by atoms with Crippen LogP contribution >= 0.6 is 11.6 Å². The molecule has 0 unspecified atom stereocenters. The SMILES string of the molecule is COc1ccc(S(=O)(=O)N2CCC3(CC2)CC(=O)c2cc(C#N)ccc2O3)cc1Cl. The van der Waals surface area contributed by atoms with Crippen molar-refractivity contribution in [1.82, 2.24) is 4.31 Å². The number of ether oxygens (including phenoxy) is 2. The molecule has 0 aliphatic carbocycles. The zero-order valence-electron chi connectivity index (χ0n) is 16.2. The summed E-state index contributed by atoms with van der Waals surface area (Å²) in [4.78, 5) is 12.8. The van der Waals surface area contributed by atoms with Crippen molar-refractivity contribution >= 4 is 27.4 Å². The Morgan fingerprint density at radius 3 is 2.57 bits per heavy atom. The second-order valence-corrected chi connectivity index (χ2v) is 9.75. The summed E-state index contributed by atoms with van der Waals surface area (Å²) in [6.45, 7) is 0.454. The molecular weight excluding hydrogens is 428 g/mol. The third-order valence-corrected chi connectivity index (χ3v) is 7.80. The molecule has 1 spiro atoms. The molecule has 4 rings (SSSR count). The number of sulfonamides is 1. The second-order valence-electron chi connectivity index (χ2n) is 7.41. The van der Waals surface area contributed by atoms with Crippen molar-refractivity contribution < 1.29 is 22.7 Å². The number of nitriles is 1. The fourth-order valence-electron chi connectivity index (χ4n) is 3.93. The molecule has 0 saturated carbocycles. The van der Waals surface area contributed by atoms with E-state index in [1.807, 2.05) is 6.07 Å². The van der Waals surface area contributed by atoms with Gasteiger partial charge in [-0.1, -0.05) is 11.6 Å². The largest absolute Gasteiger partial charge is 0.495 e. The molecule has 0 radical (unpaired) electrons. The van der Waals surface area contributed by atoms with Crippen LogP contribution in [0.4, 0.5) is 0 Å². The number of Topliss-reactive ketones (excluding diaryl/α,β-unsaturated/α-hetero) is 1. The summed E-state index contributed by atoms with van der Waals surface area (Å²) in [5.74, 6) is 0.760. The Kier molecular flexibility index (Phi) is 5.22. The zero-order valence-corrected chi connectivity index (χ0v) is 17.8. The fraction of sp³-hybridized carbons (Fsp3) is 0.333. The van der Waals surface area contributed by atoms with Gasteiger partial charge in [-0.2, -0.15) is 9.57 Å². The average Bonchev–Trinajstić information content (AvgIpc) is 2.73.